The molecular weight excluding hydrogens is 246 g/mol. The molecule has 0 spiro atoms. The van der Waals surface area contributed by atoms with Crippen LogP contribution in [0, 0.1) is 0 Å². The zero-order valence-corrected chi connectivity index (χ0v) is 11.9. The summed E-state index contributed by atoms with van der Waals surface area (Å²) in [6, 6.07) is 12.9. The molecule has 0 fully saturated rings. The SMILES string of the molecule is CC(NCc1cccc2c1NCCC2)c1ccccn1. The highest BCUT2D eigenvalue weighted by atomic mass is 14.9. The largest absolute Gasteiger partial charge is 0.385 e. The molecule has 1 aromatic carbocycles. The van der Waals surface area contributed by atoms with E-state index in [1.54, 1.807) is 0 Å². The number of hydrogen-bond acceptors (Lipinski definition) is 3. The van der Waals surface area contributed by atoms with Gasteiger partial charge in [-0.15, -0.1) is 0 Å². The van der Waals surface area contributed by atoms with Gasteiger partial charge in [-0.05, 0) is 43.0 Å². The number of aryl methyl sites for hydroxylation is 1. The normalized spacial score (nSPS) is 15.2. The average Bonchev–Trinajstić information content (AvgIpc) is 2.53. The van der Waals surface area contributed by atoms with Crippen LogP contribution in [-0.4, -0.2) is 11.5 Å². The van der Waals surface area contributed by atoms with Crippen LogP contribution in [0.15, 0.2) is 42.6 Å². The van der Waals surface area contributed by atoms with Crippen molar-refractivity contribution in [3.05, 3.63) is 59.4 Å². The number of benzene rings is 1. The van der Waals surface area contributed by atoms with Gasteiger partial charge in [0.15, 0.2) is 0 Å². The van der Waals surface area contributed by atoms with Gasteiger partial charge in [0.1, 0.15) is 0 Å². The molecule has 1 atom stereocenters. The molecule has 3 heteroatoms. The van der Waals surface area contributed by atoms with E-state index >= 15 is 0 Å². The van der Waals surface area contributed by atoms with E-state index in [1.807, 2.05) is 18.3 Å². The van der Waals surface area contributed by atoms with Crippen molar-refractivity contribution in [2.75, 3.05) is 11.9 Å². The lowest BCUT2D eigenvalue weighted by Crippen LogP contribution is -2.21. The van der Waals surface area contributed by atoms with E-state index < -0.39 is 0 Å². The van der Waals surface area contributed by atoms with Crippen LogP contribution in [0.25, 0.3) is 0 Å². The Labute approximate surface area is 120 Å². The second-order valence-corrected chi connectivity index (χ2v) is 5.34. The van der Waals surface area contributed by atoms with Gasteiger partial charge in [0.25, 0.3) is 0 Å². The van der Waals surface area contributed by atoms with Crippen LogP contribution in [-0.2, 0) is 13.0 Å². The quantitative estimate of drug-likeness (QED) is 0.892. The van der Waals surface area contributed by atoms with Crippen molar-refractivity contribution in [2.24, 2.45) is 0 Å². The predicted molar refractivity (Wildman–Crippen MR) is 82.7 cm³/mol. The fourth-order valence-electron chi connectivity index (χ4n) is 2.73. The first-order valence-electron chi connectivity index (χ1n) is 7.33. The maximum atomic E-state index is 4.40. The Morgan fingerprint density at radius 1 is 1.25 bits per heavy atom. The van der Waals surface area contributed by atoms with Crippen LogP contribution < -0.4 is 10.6 Å². The summed E-state index contributed by atoms with van der Waals surface area (Å²) >= 11 is 0. The van der Waals surface area contributed by atoms with E-state index in [0.717, 1.165) is 18.8 Å². The van der Waals surface area contributed by atoms with Crippen LogP contribution >= 0.6 is 0 Å². The second kappa shape index (κ2) is 6.06. The molecule has 0 amide bonds. The first kappa shape index (κ1) is 13.1. The number of anilines is 1. The molecule has 1 aliphatic rings. The molecule has 0 aliphatic carbocycles. The standard InChI is InChI=1S/C17H21N3/c1-13(16-9-2-3-10-18-16)20-12-15-7-4-6-14-8-5-11-19-17(14)15/h2-4,6-7,9-10,13,19-20H,5,8,11-12H2,1H3. The highest BCUT2D eigenvalue weighted by molar-refractivity contribution is 5.59. The van der Waals surface area contributed by atoms with Gasteiger partial charge in [-0.3, -0.25) is 4.98 Å². The predicted octanol–water partition coefficient (Wildman–Crippen LogP) is 3.29. The number of rotatable bonds is 4. The summed E-state index contributed by atoms with van der Waals surface area (Å²) in [5.41, 5.74) is 5.22. The third-order valence-corrected chi connectivity index (χ3v) is 3.89. The Hall–Kier alpha value is -1.87. The minimum Gasteiger partial charge on any atom is -0.385 e. The maximum Gasteiger partial charge on any atom is 0.0570 e. The summed E-state index contributed by atoms with van der Waals surface area (Å²) in [4.78, 5) is 4.40. The summed E-state index contributed by atoms with van der Waals surface area (Å²) in [5.74, 6) is 0. The molecule has 0 saturated carbocycles. The molecule has 1 unspecified atom stereocenters. The Balaban J connectivity index is 1.70. The molecule has 2 heterocycles. The number of nitrogens with one attached hydrogen (secondary N) is 2. The summed E-state index contributed by atoms with van der Waals surface area (Å²) in [5, 5.41) is 7.10. The fourth-order valence-corrected chi connectivity index (χ4v) is 2.73. The van der Waals surface area contributed by atoms with Crippen molar-refractivity contribution in [3.8, 4) is 0 Å². The summed E-state index contributed by atoms with van der Waals surface area (Å²) < 4.78 is 0. The molecule has 2 aromatic rings. The minimum absolute atomic E-state index is 0.260. The number of pyridine rings is 1. The summed E-state index contributed by atoms with van der Waals surface area (Å²) in [6.45, 7) is 4.11. The lowest BCUT2D eigenvalue weighted by atomic mass is 9.99. The smallest absolute Gasteiger partial charge is 0.0570 e. The Morgan fingerprint density at radius 3 is 3.05 bits per heavy atom. The van der Waals surface area contributed by atoms with Crippen LogP contribution in [0.5, 0.6) is 0 Å². The van der Waals surface area contributed by atoms with Gasteiger partial charge >= 0.3 is 0 Å². The Morgan fingerprint density at radius 2 is 2.20 bits per heavy atom. The molecule has 20 heavy (non-hydrogen) atoms. The van der Waals surface area contributed by atoms with E-state index in [2.05, 4.69) is 46.8 Å². The van der Waals surface area contributed by atoms with Crippen LogP contribution in [0.2, 0.25) is 0 Å². The van der Waals surface area contributed by atoms with E-state index in [4.69, 9.17) is 0 Å². The summed E-state index contributed by atoms with van der Waals surface area (Å²) in [7, 11) is 0. The van der Waals surface area contributed by atoms with Gasteiger partial charge in [0.05, 0.1) is 5.69 Å². The second-order valence-electron chi connectivity index (χ2n) is 5.34. The van der Waals surface area contributed by atoms with Crippen molar-refractivity contribution in [2.45, 2.75) is 32.4 Å². The Kier molecular flexibility index (Phi) is 3.97. The number of para-hydroxylation sites is 1. The lowest BCUT2D eigenvalue weighted by Gasteiger charge is -2.22. The molecule has 1 aliphatic heterocycles. The number of hydrogen-bond donors (Lipinski definition) is 2. The van der Waals surface area contributed by atoms with Crippen molar-refractivity contribution < 1.29 is 0 Å². The first-order chi connectivity index (χ1) is 9.84. The molecule has 0 radical (unpaired) electrons. The van der Waals surface area contributed by atoms with Crippen LogP contribution in [0.1, 0.15) is 36.2 Å². The van der Waals surface area contributed by atoms with E-state index in [1.165, 1.54) is 29.7 Å². The number of fused-ring (bicyclic) bond motifs is 1. The topological polar surface area (TPSA) is 37.0 Å². The van der Waals surface area contributed by atoms with Gasteiger partial charge in [0, 0.05) is 31.0 Å². The van der Waals surface area contributed by atoms with Gasteiger partial charge in [-0.25, -0.2) is 0 Å². The van der Waals surface area contributed by atoms with Gasteiger partial charge in [0.2, 0.25) is 0 Å². The van der Waals surface area contributed by atoms with Crippen molar-refractivity contribution in [1.29, 1.82) is 0 Å². The van der Waals surface area contributed by atoms with E-state index in [-0.39, 0.29) is 6.04 Å². The fraction of sp³-hybridized carbons (Fsp3) is 0.353. The maximum absolute atomic E-state index is 4.40. The van der Waals surface area contributed by atoms with E-state index in [9.17, 15) is 0 Å². The average molecular weight is 267 g/mol. The van der Waals surface area contributed by atoms with Crippen LogP contribution in [0.3, 0.4) is 0 Å². The molecule has 3 rings (SSSR count). The molecule has 1 aromatic heterocycles. The molecule has 104 valence electrons. The first-order valence-corrected chi connectivity index (χ1v) is 7.33. The highest BCUT2D eigenvalue weighted by Gasteiger charge is 2.13. The van der Waals surface area contributed by atoms with Gasteiger partial charge in [-0.2, -0.15) is 0 Å². The highest BCUT2D eigenvalue weighted by Crippen LogP contribution is 2.26. The Bertz CT molecular complexity index is 566. The van der Waals surface area contributed by atoms with Crippen molar-refractivity contribution in [1.82, 2.24) is 10.3 Å². The molecule has 0 saturated heterocycles. The van der Waals surface area contributed by atoms with Crippen molar-refractivity contribution in [3.63, 3.8) is 0 Å². The third-order valence-electron chi connectivity index (χ3n) is 3.89. The number of nitrogens with zero attached hydrogens (tertiary/aromatic N) is 1. The molecule has 2 N–H and O–H groups in total. The van der Waals surface area contributed by atoms with Crippen molar-refractivity contribution >= 4 is 5.69 Å². The van der Waals surface area contributed by atoms with Gasteiger partial charge in [-0.1, -0.05) is 24.3 Å². The zero-order valence-electron chi connectivity index (χ0n) is 11.9. The third kappa shape index (κ3) is 2.83. The number of aromatic nitrogens is 1. The van der Waals surface area contributed by atoms with E-state index in [0.29, 0.717) is 0 Å². The molecular formula is C17H21N3. The zero-order chi connectivity index (χ0) is 13.8. The van der Waals surface area contributed by atoms with Gasteiger partial charge < -0.3 is 10.6 Å². The minimum atomic E-state index is 0.260. The molecule has 3 nitrogen and oxygen atoms in total. The summed E-state index contributed by atoms with van der Waals surface area (Å²) in [6.07, 6.45) is 4.26. The lowest BCUT2D eigenvalue weighted by molar-refractivity contribution is 0.561. The monoisotopic (exact) mass is 267 g/mol. The van der Waals surface area contributed by atoms with Crippen LogP contribution in [0.4, 0.5) is 5.69 Å². The molecule has 0 bridgehead atoms.